The third-order valence-corrected chi connectivity index (χ3v) is 6.78. The summed E-state index contributed by atoms with van der Waals surface area (Å²) in [5.74, 6) is -2.20. The maximum atomic E-state index is 13.1. The van der Waals surface area contributed by atoms with Crippen LogP contribution in [0.1, 0.15) is 32.9 Å². The molecule has 14 heteroatoms. The molecule has 2 amide bonds. The minimum atomic E-state index is -1.14. The van der Waals surface area contributed by atoms with Crippen LogP contribution in [0.25, 0.3) is 0 Å². The number of fused-ring (bicyclic) bond motifs is 1. The highest BCUT2D eigenvalue weighted by molar-refractivity contribution is 8.00. The summed E-state index contributed by atoms with van der Waals surface area (Å²) in [5.41, 5.74) is 6.36. The number of rotatable bonds is 9. The van der Waals surface area contributed by atoms with Crippen molar-refractivity contribution >= 4 is 57.7 Å². The number of carbonyl (C=O) groups is 4. The maximum Gasteiger partial charge on any atom is 0.358 e. The van der Waals surface area contributed by atoms with Crippen LogP contribution < -0.4 is 11.1 Å². The van der Waals surface area contributed by atoms with Gasteiger partial charge >= 0.3 is 11.9 Å². The van der Waals surface area contributed by atoms with E-state index in [1.807, 2.05) is 13.0 Å². The van der Waals surface area contributed by atoms with Gasteiger partial charge in [0.1, 0.15) is 29.9 Å². The zero-order valence-electron chi connectivity index (χ0n) is 19.5. The number of esters is 2. The summed E-state index contributed by atoms with van der Waals surface area (Å²) >= 11 is 2.51. The molecule has 1 unspecified atom stereocenters. The van der Waals surface area contributed by atoms with Crippen molar-refractivity contribution in [2.75, 3.05) is 18.6 Å². The lowest BCUT2D eigenvalue weighted by Crippen LogP contribution is -2.71. The predicted octanol–water partition coefficient (Wildman–Crippen LogP) is 1.15. The molecule has 3 atom stereocenters. The molecule has 1 aromatic heterocycles. The number of amides is 2. The van der Waals surface area contributed by atoms with Crippen molar-refractivity contribution < 1.29 is 33.5 Å². The number of nitrogen functional groups attached to an aromatic ring is 1. The number of aromatic nitrogens is 1. The van der Waals surface area contributed by atoms with Gasteiger partial charge in [-0.3, -0.25) is 19.3 Å². The number of hydrogen-bond donors (Lipinski definition) is 2. The van der Waals surface area contributed by atoms with E-state index < -0.39 is 41.5 Å². The van der Waals surface area contributed by atoms with Gasteiger partial charge in [0.2, 0.25) is 6.29 Å². The first-order valence-corrected chi connectivity index (χ1v) is 12.5. The molecule has 188 valence electrons. The lowest BCUT2D eigenvalue weighted by atomic mass is 10.0. The van der Waals surface area contributed by atoms with E-state index in [-0.39, 0.29) is 22.2 Å². The second kappa shape index (κ2) is 11.4. The van der Waals surface area contributed by atoms with E-state index in [1.54, 1.807) is 11.5 Å². The fraction of sp³-hybridized carbons (Fsp3) is 0.429. The molecule has 0 spiro atoms. The average molecular weight is 524 g/mol. The van der Waals surface area contributed by atoms with E-state index in [2.05, 4.69) is 15.5 Å². The van der Waals surface area contributed by atoms with Crippen LogP contribution in [0.2, 0.25) is 0 Å². The summed E-state index contributed by atoms with van der Waals surface area (Å²) in [6.45, 7) is 4.53. The van der Waals surface area contributed by atoms with Crippen LogP contribution >= 0.6 is 23.1 Å². The topological polar surface area (TPSA) is 163 Å². The number of thiazole rings is 1. The third-order valence-electron chi connectivity index (χ3n) is 4.80. The van der Waals surface area contributed by atoms with Crippen LogP contribution in [0, 0.1) is 0 Å². The minimum Gasteiger partial charge on any atom is -0.426 e. The molecule has 1 fully saturated rings. The Kier molecular flexibility index (Phi) is 8.51. The van der Waals surface area contributed by atoms with E-state index >= 15 is 0 Å². The van der Waals surface area contributed by atoms with Gasteiger partial charge in [0.15, 0.2) is 10.8 Å². The molecule has 2 aliphatic heterocycles. The van der Waals surface area contributed by atoms with Crippen LogP contribution in [0.4, 0.5) is 5.13 Å². The molecule has 1 saturated heterocycles. The van der Waals surface area contributed by atoms with Gasteiger partial charge in [-0.05, 0) is 12.0 Å². The summed E-state index contributed by atoms with van der Waals surface area (Å²) in [4.78, 5) is 60.2. The number of carbonyl (C=O) groups excluding carboxylic acids is 4. The van der Waals surface area contributed by atoms with Crippen molar-refractivity contribution in [2.24, 2.45) is 5.16 Å². The molecular formula is C21H25N5O7S2. The van der Waals surface area contributed by atoms with Crippen LogP contribution in [-0.4, -0.2) is 69.9 Å². The van der Waals surface area contributed by atoms with Crippen molar-refractivity contribution in [1.82, 2.24) is 15.2 Å². The number of hydrogen-bond acceptors (Lipinski definition) is 12. The number of oxime groups is 1. The number of nitrogens with one attached hydrogen (secondary N) is 1. The van der Waals surface area contributed by atoms with Crippen LogP contribution in [0.5, 0.6) is 0 Å². The van der Waals surface area contributed by atoms with Gasteiger partial charge in [-0.15, -0.1) is 23.1 Å². The zero-order chi connectivity index (χ0) is 25.7. The monoisotopic (exact) mass is 523 g/mol. The average Bonchev–Trinajstić information content (AvgIpc) is 3.23. The molecule has 3 heterocycles. The van der Waals surface area contributed by atoms with Gasteiger partial charge in [0.25, 0.3) is 11.8 Å². The van der Waals surface area contributed by atoms with E-state index in [9.17, 15) is 19.2 Å². The van der Waals surface area contributed by atoms with E-state index in [1.165, 1.54) is 37.6 Å². The van der Waals surface area contributed by atoms with Gasteiger partial charge in [0, 0.05) is 25.0 Å². The van der Waals surface area contributed by atoms with Gasteiger partial charge < -0.3 is 25.4 Å². The third kappa shape index (κ3) is 5.82. The highest BCUT2D eigenvalue weighted by Gasteiger charge is 2.54. The Balaban J connectivity index is 1.81. The van der Waals surface area contributed by atoms with E-state index in [0.717, 1.165) is 17.8 Å². The number of nitrogens with two attached hydrogens (primary N) is 1. The van der Waals surface area contributed by atoms with E-state index in [0.29, 0.717) is 11.3 Å². The molecule has 0 saturated carbocycles. The Morgan fingerprint density at radius 1 is 1.40 bits per heavy atom. The van der Waals surface area contributed by atoms with Gasteiger partial charge in [-0.25, -0.2) is 9.78 Å². The van der Waals surface area contributed by atoms with Crippen molar-refractivity contribution in [3.05, 3.63) is 34.5 Å². The first-order valence-electron chi connectivity index (χ1n) is 10.5. The number of thioether (sulfide) groups is 1. The summed E-state index contributed by atoms with van der Waals surface area (Å²) in [5, 5.41) is 7.60. The Morgan fingerprint density at radius 2 is 2.14 bits per heavy atom. The van der Waals surface area contributed by atoms with Crippen molar-refractivity contribution in [3.63, 3.8) is 0 Å². The Labute approximate surface area is 209 Å². The summed E-state index contributed by atoms with van der Waals surface area (Å²) in [6, 6.07) is -0.920. The van der Waals surface area contributed by atoms with Crippen LogP contribution in [-0.2, 0) is 33.5 Å². The molecule has 0 radical (unpaired) electrons. The number of nitrogens with zero attached hydrogens (tertiary/aromatic N) is 3. The fourth-order valence-electron chi connectivity index (χ4n) is 3.39. The Bertz CT molecular complexity index is 1110. The van der Waals surface area contributed by atoms with Crippen molar-refractivity contribution in [3.8, 4) is 0 Å². The van der Waals surface area contributed by atoms with Crippen molar-refractivity contribution in [2.45, 2.75) is 44.9 Å². The summed E-state index contributed by atoms with van der Waals surface area (Å²) in [6.07, 6.45) is 3.20. The molecule has 35 heavy (non-hydrogen) atoms. The van der Waals surface area contributed by atoms with Gasteiger partial charge in [-0.2, -0.15) is 0 Å². The maximum absolute atomic E-state index is 13.1. The standard InChI is InChI=1S/C21H25N5O7S2/c1-5-6-7-12-8-34-19-15(24-17(28)14(25-31-4)13-9-35-21(22)23-13)18(29)26(19)16(12)20(30)33-11(3)32-10(2)27/h6-7,9,11,15,19H,5,8H2,1-4H3,(H2,22,23)(H,24,28)/b7-6+,25-14-/t11?,15-,19+/m1/s1. The number of ether oxygens (including phenoxy) is 2. The molecule has 1 aromatic rings. The Hall–Kier alpha value is -3.39. The summed E-state index contributed by atoms with van der Waals surface area (Å²) in [7, 11) is 1.28. The first kappa shape index (κ1) is 26.2. The van der Waals surface area contributed by atoms with Gasteiger partial charge in [0.05, 0.1) is 0 Å². The molecule has 0 aromatic carbocycles. The largest absolute Gasteiger partial charge is 0.426 e. The molecule has 0 bridgehead atoms. The summed E-state index contributed by atoms with van der Waals surface area (Å²) < 4.78 is 10.1. The lowest BCUT2D eigenvalue weighted by molar-refractivity contribution is -0.182. The quantitative estimate of drug-likeness (QED) is 0.158. The second-order valence-corrected chi connectivity index (χ2v) is 9.32. The number of β-lactam (4-membered cyclic amide) rings is 1. The fourth-order valence-corrected chi connectivity index (χ4v) is 5.25. The minimum absolute atomic E-state index is 0.0472. The Morgan fingerprint density at radius 3 is 2.74 bits per heavy atom. The molecule has 0 aliphatic carbocycles. The van der Waals surface area contributed by atoms with Crippen LogP contribution in [0.3, 0.4) is 0 Å². The number of allylic oxidation sites excluding steroid dienone is 2. The van der Waals surface area contributed by atoms with Crippen LogP contribution in [0.15, 0.2) is 34.0 Å². The molecule has 3 N–H and O–H groups in total. The molecule has 2 aliphatic rings. The highest BCUT2D eigenvalue weighted by atomic mass is 32.2. The smallest absolute Gasteiger partial charge is 0.358 e. The zero-order valence-corrected chi connectivity index (χ0v) is 21.1. The predicted molar refractivity (Wildman–Crippen MR) is 129 cm³/mol. The number of anilines is 1. The highest BCUT2D eigenvalue weighted by Crippen LogP contribution is 2.41. The molecular weight excluding hydrogens is 498 g/mol. The molecule has 12 nitrogen and oxygen atoms in total. The van der Waals surface area contributed by atoms with E-state index in [4.69, 9.17) is 20.0 Å². The lowest BCUT2D eigenvalue weighted by Gasteiger charge is -2.49. The SMILES string of the molecule is CC/C=C/C1=C(C(=O)OC(C)OC(C)=O)N2C(=O)[C@@H](NC(=O)/C(=N\OC)c3csc(N)n3)[C@@H]2SC1. The normalized spacial score (nSPS) is 20.7. The second-order valence-electron chi connectivity index (χ2n) is 7.32. The first-order chi connectivity index (χ1) is 16.7. The molecule has 3 rings (SSSR count). The van der Waals surface area contributed by atoms with Crippen molar-refractivity contribution in [1.29, 1.82) is 0 Å². The van der Waals surface area contributed by atoms with Gasteiger partial charge in [-0.1, -0.05) is 24.2 Å².